The summed E-state index contributed by atoms with van der Waals surface area (Å²) in [5.41, 5.74) is 2.24. The summed E-state index contributed by atoms with van der Waals surface area (Å²) in [5.74, 6) is -1.61. The van der Waals surface area contributed by atoms with Gasteiger partial charge in [-0.3, -0.25) is 9.59 Å². The molecular weight excluding hydrogens is 420 g/mol. The minimum atomic E-state index is -0.682. The maximum atomic E-state index is 14.1. The van der Waals surface area contributed by atoms with Gasteiger partial charge in [-0.2, -0.15) is 11.3 Å². The third-order valence-corrected chi connectivity index (χ3v) is 6.10. The van der Waals surface area contributed by atoms with Crippen molar-refractivity contribution in [2.75, 3.05) is 21.7 Å². The number of hydrogen-bond donors (Lipinski definition) is 1. The van der Waals surface area contributed by atoms with Crippen LogP contribution in [0.2, 0.25) is 0 Å². The first-order valence-electron chi connectivity index (χ1n) is 9.72. The van der Waals surface area contributed by atoms with E-state index < -0.39 is 17.5 Å². The topological polar surface area (TPSA) is 52.7 Å². The number of fused-ring (bicyclic) bond motifs is 3. The lowest BCUT2D eigenvalue weighted by molar-refractivity contribution is -0.120. The van der Waals surface area contributed by atoms with E-state index in [1.165, 1.54) is 41.7 Å². The SMILES string of the molecule is O=C1CCN2C(=C1C(=O)Nc1ccccc1F)N(Cc1ccsc1)c1cc(F)ccc12. The molecule has 3 heterocycles. The Bertz CT molecular complexity index is 1220. The van der Waals surface area contributed by atoms with Crippen LogP contribution in [0, 0.1) is 11.6 Å². The summed E-state index contributed by atoms with van der Waals surface area (Å²) in [6.07, 6.45) is 0.132. The van der Waals surface area contributed by atoms with E-state index in [0.717, 1.165) is 11.3 Å². The van der Waals surface area contributed by atoms with Gasteiger partial charge < -0.3 is 15.1 Å². The highest BCUT2D eigenvalue weighted by atomic mass is 32.1. The Kier molecular flexibility index (Phi) is 4.78. The van der Waals surface area contributed by atoms with E-state index in [2.05, 4.69) is 5.32 Å². The van der Waals surface area contributed by atoms with Gasteiger partial charge in [0.1, 0.15) is 23.0 Å². The van der Waals surface area contributed by atoms with Crippen LogP contribution < -0.4 is 15.1 Å². The molecule has 0 bridgehead atoms. The van der Waals surface area contributed by atoms with Gasteiger partial charge in [0.15, 0.2) is 5.78 Å². The van der Waals surface area contributed by atoms with E-state index in [4.69, 9.17) is 0 Å². The van der Waals surface area contributed by atoms with Crippen molar-refractivity contribution in [1.82, 2.24) is 0 Å². The smallest absolute Gasteiger partial charge is 0.263 e. The van der Waals surface area contributed by atoms with Gasteiger partial charge in [0.05, 0.1) is 23.6 Å². The highest BCUT2D eigenvalue weighted by molar-refractivity contribution is 7.07. The monoisotopic (exact) mass is 437 g/mol. The molecule has 1 aromatic heterocycles. The van der Waals surface area contributed by atoms with Crippen LogP contribution in [0.25, 0.3) is 0 Å². The largest absolute Gasteiger partial charge is 0.325 e. The zero-order valence-electron chi connectivity index (χ0n) is 16.3. The van der Waals surface area contributed by atoms with Crippen molar-refractivity contribution in [3.8, 4) is 0 Å². The fraction of sp³-hybridized carbons (Fsp3) is 0.130. The Morgan fingerprint density at radius 3 is 2.71 bits per heavy atom. The van der Waals surface area contributed by atoms with Gasteiger partial charge in [-0.25, -0.2) is 8.78 Å². The van der Waals surface area contributed by atoms with Crippen LogP contribution in [0.1, 0.15) is 12.0 Å². The number of nitrogens with zero attached hydrogens (tertiary/aromatic N) is 2. The fourth-order valence-electron chi connectivity index (χ4n) is 3.98. The lowest BCUT2D eigenvalue weighted by atomic mass is 10.0. The summed E-state index contributed by atoms with van der Waals surface area (Å²) in [6, 6.07) is 12.2. The second kappa shape index (κ2) is 7.63. The number of carbonyl (C=O) groups is 2. The van der Waals surface area contributed by atoms with Gasteiger partial charge in [0.2, 0.25) is 0 Å². The van der Waals surface area contributed by atoms with Gasteiger partial charge in [0, 0.05) is 13.0 Å². The van der Waals surface area contributed by atoms with Crippen molar-refractivity contribution >= 4 is 40.1 Å². The van der Waals surface area contributed by atoms with Crippen LogP contribution in [0.15, 0.2) is 70.7 Å². The molecule has 156 valence electrons. The van der Waals surface area contributed by atoms with Crippen molar-refractivity contribution in [1.29, 1.82) is 0 Å². The molecule has 0 fully saturated rings. The summed E-state index contributed by atoms with van der Waals surface area (Å²) in [5, 5.41) is 6.42. The number of halogens is 2. The van der Waals surface area contributed by atoms with Crippen molar-refractivity contribution in [3.05, 3.63) is 87.9 Å². The number of thiophene rings is 1. The molecule has 1 N–H and O–H groups in total. The van der Waals surface area contributed by atoms with Crippen LogP contribution in [-0.2, 0) is 16.1 Å². The van der Waals surface area contributed by atoms with Gasteiger partial charge in [-0.15, -0.1) is 0 Å². The zero-order valence-corrected chi connectivity index (χ0v) is 17.1. The summed E-state index contributed by atoms with van der Waals surface area (Å²) >= 11 is 1.53. The van der Waals surface area contributed by atoms with Gasteiger partial charge in [0.25, 0.3) is 5.91 Å². The second-order valence-electron chi connectivity index (χ2n) is 7.31. The zero-order chi connectivity index (χ0) is 21.5. The number of carbonyl (C=O) groups excluding carboxylic acids is 2. The number of anilines is 3. The third-order valence-electron chi connectivity index (χ3n) is 5.37. The maximum Gasteiger partial charge on any atom is 0.263 e. The lowest BCUT2D eigenvalue weighted by Crippen LogP contribution is -2.40. The van der Waals surface area contributed by atoms with Crippen LogP contribution in [-0.4, -0.2) is 18.2 Å². The average Bonchev–Trinajstić information content (AvgIpc) is 3.36. The van der Waals surface area contributed by atoms with Crippen LogP contribution in [0.5, 0.6) is 0 Å². The van der Waals surface area contributed by atoms with Gasteiger partial charge in [-0.1, -0.05) is 12.1 Å². The number of ketones is 1. The summed E-state index contributed by atoms with van der Waals surface area (Å²) in [7, 11) is 0. The summed E-state index contributed by atoms with van der Waals surface area (Å²) in [4.78, 5) is 29.7. The first-order chi connectivity index (χ1) is 15.0. The molecule has 0 atom stereocenters. The number of rotatable bonds is 4. The van der Waals surface area contributed by atoms with Crippen molar-refractivity contribution in [2.45, 2.75) is 13.0 Å². The molecule has 0 spiro atoms. The maximum absolute atomic E-state index is 14.1. The molecule has 0 aliphatic carbocycles. The number of para-hydroxylation sites is 1. The molecule has 0 radical (unpaired) electrons. The predicted molar refractivity (Wildman–Crippen MR) is 116 cm³/mol. The van der Waals surface area contributed by atoms with Crippen molar-refractivity contribution in [3.63, 3.8) is 0 Å². The normalized spacial score (nSPS) is 15.2. The second-order valence-corrected chi connectivity index (χ2v) is 8.09. The van der Waals surface area contributed by atoms with E-state index in [1.807, 2.05) is 21.7 Å². The molecular formula is C23H17F2N3O2S. The summed E-state index contributed by atoms with van der Waals surface area (Å²) < 4.78 is 28.2. The highest BCUT2D eigenvalue weighted by Gasteiger charge is 2.41. The Hall–Kier alpha value is -3.52. The molecule has 8 heteroatoms. The number of benzene rings is 2. The third kappa shape index (κ3) is 3.38. The molecule has 31 heavy (non-hydrogen) atoms. The first-order valence-corrected chi connectivity index (χ1v) is 10.7. The van der Waals surface area contributed by atoms with Crippen LogP contribution in [0.4, 0.5) is 25.8 Å². The first kappa shape index (κ1) is 19.4. The minimum absolute atomic E-state index is 0.00327. The molecule has 3 aromatic rings. The Morgan fingerprint density at radius 1 is 1.10 bits per heavy atom. The standard InChI is InChI=1S/C23H17F2N3O2S/c24-15-5-6-18-19(11-15)28(12-14-8-10-31-13-14)23-21(20(29)7-9-27(18)23)22(30)26-17-4-2-1-3-16(17)25/h1-6,8,10-11,13H,7,9,12H2,(H,26,30). The highest BCUT2D eigenvalue weighted by Crippen LogP contribution is 2.46. The number of hydrogen-bond acceptors (Lipinski definition) is 5. The molecule has 2 aliphatic heterocycles. The number of Topliss-reactive ketones (excluding diaryl/α,β-unsaturated/α-hetero) is 1. The number of nitrogens with one attached hydrogen (secondary N) is 1. The van der Waals surface area contributed by atoms with E-state index in [1.54, 1.807) is 17.0 Å². The minimum Gasteiger partial charge on any atom is -0.325 e. The van der Waals surface area contributed by atoms with E-state index in [0.29, 0.717) is 24.6 Å². The fourth-order valence-corrected chi connectivity index (χ4v) is 4.63. The molecule has 0 saturated heterocycles. The Labute approximate surface area is 181 Å². The average molecular weight is 437 g/mol. The van der Waals surface area contributed by atoms with E-state index >= 15 is 0 Å². The molecule has 5 nitrogen and oxygen atoms in total. The Balaban J connectivity index is 1.63. The number of amides is 1. The van der Waals surface area contributed by atoms with Gasteiger partial charge >= 0.3 is 0 Å². The van der Waals surface area contributed by atoms with Crippen molar-refractivity contribution in [2.24, 2.45) is 0 Å². The summed E-state index contributed by atoms with van der Waals surface area (Å²) in [6.45, 7) is 0.749. The molecule has 1 amide bonds. The van der Waals surface area contributed by atoms with Crippen LogP contribution >= 0.6 is 11.3 Å². The molecule has 2 aliphatic rings. The van der Waals surface area contributed by atoms with Crippen LogP contribution in [0.3, 0.4) is 0 Å². The quantitative estimate of drug-likeness (QED) is 0.603. The van der Waals surface area contributed by atoms with Crippen molar-refractivity contribution < 1.29 is 18.4 Å². The predicted octanol–water partition coefficient (Wildman–Crippen LogP) is 4.68. The van der Waals surface area contributed by atoms with Gasteiger partial charge in [-0.05, 0) is 52.7 Å². The van der Waals surface area contributed by atoms with E-state index in [9.17, 15) is 18.4 Å². The molecule has 0 saturated carbocycles. The Morgan fingerprint density at radius 2 is 1.94 bits per heavy atom. The van der Waals surface area contributed by atoms with E-state index in [-0.39, 0.29) is 23.5 Å². The molecule has 2 aromatic carbocycles. The molecule has 5 rings (SSSR count). The molecule has 0 unspecified atom stereocenters. The lowest BCUT2D eigenvalue weighted by Gasteiger charge is -2.31.